The van der Waals surface area contributed by atoms with Gasteiger partial charge in [0.05, 0.1) is 5.75 Å². The van der Waals surface area contributed by atoms with Crippen molar-refractivity contribution in [3.8, 4) is 11.1 Å². The van der Waals surface area contributed by atoms with Crippen molar-refractivity contribution >= 4 is 29.5 Å². The lowest BCUT2D eigenvalue weighted by Gasteiger charge is -2.10. The Morgan fingerprint density at radius 2 is 1.65 bits per heavy atom. The van der Waals surface area contributed by atoms with Crippen molar-refractivity contribution in [3.63, 3.8) is 0 Å². The third kappa shape index (κ3) is 5.13. The van der Waals surface area contributed by atoms with Crippen LogP contribution in [0, 0.1) is 11.6 Å². The van der Waals surface area contributed by atoms with Crippen molar-refractivity contribution in [2.75, 3.05) is 5.75 Å². The average Bonchev–Trinajstić information content (AvgIpc) is 2.58. The number of carboxylic acid groups (broad SMARTS) is 2. The van der Waals surface area contributed by atoms with Gasteiger partial charge in [0.25, 0.3) is 0 Å². The van der Waals surface area contributed by atoms with Crippen molar-refractivity contribution in [3.05, 3.63) is 59.7 Å². The Bertz CT molecular complexity index is 836. The number of carbonyl (C=O) groups is 3. The molecule has 0 bridgehead atoms. The lowest BCUT2D eigenvalue weighted by Crippen LogP contribution is -2.22. The van der Waals surface area contributed by atoms with Gasteiger partial charge in [0.1, 0.15) is 16.9 Å². The number of rotatable bonds is 8. The molecule has 2 rings (SSSR count). The molecular formula is C18H14F2O5S. The number of thioether (sulfide) groups is 1. The lowest BCUT2D eigenvalue weighted by atomic mass is 10.0. The summed E-state index contributed by atoms with van der Waals surface area (Å²) in [7, 11) is 0. The molecule has 0 fully saturated rings. The fourth-order valence-corrected chi connectivity index (χ4v) is 2.99. The second-order valence-corrected chi connectivity index (χ2v) is 6.55. The fourth-order valence-electron chi connectivity index (χ4n) is 2.23. The summed E-state index contributed by atoms with van der Waals surface area (Å²) >= 11 is 0.659. The molecule has 1 atom stereocenters. The largest absolute Gasteiger partial charge is 0.481 e. The van der Waals surface area contributed by atoms with E-state index in [0.717, 1.165) is 12.1 Å². The highest BCUT2D eigenvalue weighted by Gasteiger charge is 2.23. The predicted octanol–water partition coefficient (Wildman–Crippen LogP) is 3.48. The van der Waals surface area contributed by atoms with Crippen LogP contribution in [0.15, 0.2) is 42.5 Å². The normalized spacial score (nSPS) is 11.8. The van der Waals surface area contributed by atoms with Crippen molar-refractivity contribution in [2.45, 2.75) is 11.7 Å². The van der Waals surface area contributed by atoms with E-state index in [1.807, 2.05) is 0 Å². The van der Waals surface area contributed by atoms with E-state index in [4.69, 9.17) is 10.2 Å². The zero-order valence-electron chi connectivity index (χ0n) is 13.3. The molecular weight excluding hydrogens is 366 g/mol. The highest BCUT2D eigenvalue weighted by atomic mass is 32.2. The molecule has 0 aromatic heterocycles. The minimum Gasteiger partial charge on any atom is -0.481 e. The Labute approximate surface area is 151 Å². The van der Waals surface area contributed by atoms with Crippen LogP contribution in [0.25, 0.3) is 11.1 Å². The first-order valence-corrected chi connectivity index (χ1v) is 8.47. The molecule has 0 aliphatic rings. The summed E-state index contributed by atoms with van der Waals surface area (Å²) in [4.78, 5) is 33.9. The number of hydrogen-bond acceptors (Lipinski definition) is 4. The molecule has 0 saturated heterocycles. The third-order valence-corrected chi connectivity index (χ3v) is 4.69. The fraction of sp³-hybridized carbons (Fsp3) is 0.167. The van der Waals surface area contributed by atoms with Gasteiger partial charge in [0.2, 0.25) is 0 Å². The Hall–Kier alpha value is -2.74. The van der Waals surface area contributed by atoms with Crippen LogP contribution in [0.4, 0.5) is 8.78 Å². The summed E-state index contributed by atoms with van der Waals surface area (Å²) in [6, 6.07) is 8.94. The molecule has 26 heavy (non-hydrogen) atoms. The molecule has 5 nitrogen and oxygen atoms in total. The highest BCUT2D eigenvalue weighted by molar-refractivity contribution is 8.01. The molecule has 0 spiro atoms. The summed E-state index contributed by atoms with van der Waals surface area (Å²) in [6.07, 6.45) is -0.364. The van der Waals surface area contributed by atoms with Crippen molar-refractivity contribution in [1.29, 1.82) is 0 Å². The van der Waals surface area contributed by atoms with E-state index in [9.17, 15) is 23.2 Å². The molecule has 0 aliphatic carbocycles. The number of halogens is 2. The topological polar surface area (TPSA) is 91.7 Å². The SMILES string of the molecule is O=C(O)CS[C@@H](CC(=O)c1ccc(-c2ccc(F)cc2F)cc1)C(=O)O. The molecule has 136 valence electrons. The second-order valence-electron chi connectivity index (χ2n) is 5.36. The van der Waals surface area contributed by atoms with Crippen LogP contribution in [-0.2, 0) is 9.59 Å². The number of carboxylic acids is 2. The Morgan fingerprint density at radius 1 is 1.00 bits per heavy atom. The summed E-state index contributed by atoms with van der Waals surface area (Å²) in [5.41, 5.74) is 0.832. The van der Waals surface area contributed by atoms with Gasteiger partial charge in [0.15, 0.2) is 5.78 Å². The van der Waals surface area contributed by atoms with Crippen LogP contribution in [0.1, 0.15) is 16.8 Å². The van der Waals surface area contributed by atoms with Gasteiger partial charge in [0, 0.05) is 23.6 Å². The van der Waals surface area contributed by atoms with Crippen LogP contribution in [0.2, 0.25) is 0 Å². The Morgan fingerprint density at radius 3 is 2.19 bits per heavy atom. The van der Waals surface area contributed by atoms with Crippen LogP contribution in [-0.4, -0.2) is 38.9 Å². The van der Waals surface area contributed by atoms with Gasteiger partial charge >= 0.3 is 11.9 Å². The zero-order chi connectivity index (χ0) is 19.3. The maximum atomic E-state index is 13.8. The summed E-state index contributed by atoms with van der Waals surface area (Å²) in [6.45, 7) is 0. The molecule has 0 amide bonds. The third-order valence-electron chi connectivity index (χ3n) is 3.50. The van der Waals surface area contributed by atoms with Crippen LogP contribution in [0.5, 0.6) is 0 Å². The van der Waals surface area contributed by atoms with Gasteiger partial charge in [-0.1, -0.05) is 24.3 Å². The van der Waals surface area contributed by atoms with E-state index in [0.29, 0.717) is 17.3 Å². The van der Waals surface area contributed by atoms with Crippen molar-refractivity contribution < 1.29 is 33.4 Å². The Balaban J connectivity index is 2.12. The molecule has 8 heteroatoms. The van der Waals surface area contributed by atoms with Crippen LogP contribution >= 0.6 is 11.8 Å². The van der Waals surface area contributed by atoms with Crippen LogP contribution < -0.4 is 0 Å². The standard InChI is InChI=1S/C18H14F2O5S/c19-12-5-6-13(14(20)7-12)10-1-3-11(4-2-10)15(21)8-16(18(24)25)26-9-17(22)23/h1-7,16H,8-9H2,(H,22,23)(H,24,25)/t16-/m0/s1. The van der Waals surface area contributed by atoms with E-state index in [1.54, 1.807) is 0 Å². The van der Waals surface area contributed by atoms with E-state index in [2.05, 4.69) is 0 Å². The maximum Gasteiger partial charge on any atom is 0.317 e. The lowest BCUT2D eigenvalue weighted by molar-refractivity contribution is -0.136. The molecule has 0 radical (unpaired) electrons. The number of carbonyl (C=O) groups excluding carboxylic acids is 1. The van der Waals surface area contributed by atoms with E-state index < -0.39 is 40.4 Å². The molecule has 2 aromatic rings. The predicted molar refractivity (Wildman–Crippen MR) is 92.3 cm³/mol. The Kier molecular flexibility index (Phi) is 6.46. The summed E-state index contributed by atoms with van der Waals surface area (Å²) in [5.74, 6) is -4.76. The monoisotopic (exact) mass is 380 g/mol. The minimum atomic E-state index is -1.27. The first-order chi connectivity index (χ1) is 12.3. The molecule has 0 aliphatic heterocycles. The van der Waals surface area contributed by atoms with E-state index >= 15 is 0 Å². The maximum absolute atomic E-state index is 13.8. The smallest absolute Gasteiger partial charge is 0.317 e. The number of aliphatic carboxylic acids is 2. The van der Waals surface area contributed by atoms with Crippen LogP contribution in [0.3, 0.4) is 0 Å². The molecule has 2 aromatic carbocycles. The van der Waals surface area contributed by atoms with E-state index in [-0.39, 0.29) is 17.5 Å². The quantitative estimate of drug-likeness (QED) is 0.682. The van der Waals surface area contributed by atoms with Gasteiger partial charge in [-0.2, -0.15) is 0 Å². The molecule has 0 unspecified atom stereocenters. The van der Waals surface area contributed by atoms with Gasteiger partial charge in [-0.15, -0.1) is 11.8 Å². The number of hydrogen-bond donors (Lipinski definition) is 2. The molecule has 0 heterocycles. The minimum absolute atomic E-state index is 0.172. The van der Waals surface area contributed by atoms with E-state index in [1.165, 1.54) is 30.3 Å². The number of benzene rings is 2. The average molecular weight is 380 g/mol. The first kappa shape index (κ1) is 19.6. The van der Waals surface area contributed by atoms with Gasteiger partial charge in [-0.05, 0) is 17.7 Å². The highest BCUT2D eigenvalue weighted by Crippen LogP contribution is 2.25. The van der Waals surface area contributed by atoms with Gasteiger partial charge < -0.3 is 10.2 Å². The van der Waals surface area contributed by atoms with Crippen molar-refractivity contribution in [2.24, 2.45) is 0 Å². The zero-order valence-corrected chi connectivity index (χ0v) is 14.1. The van der Waals surface area contributed by atoms with Crippen molar-refractivity contribution in [1.82, 2.24) is 0 Å². The molecule has 0 saturated carbocycles. The van der Waals surface area contributed by atoms with Gasteiger partial charge in [-0.25, -0.2) is 8.78 Å². The van der Waals surface area contributed by atoms with Gasteiger partial charge in [-0.3, -0.25) is 14.4 Å². The summed E-state index contributed by atoms with van der Waals surface area (Å²) in [5, 5.41) is 16.5. The first-order valence-electron chi connectivity index (χ1n) is 7.43. The number of Topliss-reactive ketones (excluding diaryl/α,β-unsaturated/α-hetero) is 1. The number of ketones is 1. The second kappa shape index (κ2) is 8.57. The summed E-state index contributed by atoms with van der Waals surface area (Å²) < 4.78 is 26.7. The molecule has 2 N–H and O–H groups in total.